The number of fused-ring (bicyclic) bond motifs is 2. The van der Waals surface area contributed by atoms with Gasteiger partial charge < -0.3 is 0 Å². The van der Waals surface area contributed by atoms with E-state index < -0.39 is 77.7 Å². The van der Waals surface area contributed by atoms with Crippen LogP contribution in [0.2, 0.25) is 0 Å². The zero-order valence-corrected chi connectivity index (χ0v) is 12.2. The fourth-order valence-corrected chi connectivity index (χ4v) is 4.15. The summed E-state index contributed by atoms with van der Waals surface area (Å²) in [5.74, 6) is -22.4. The molecule has 25 heavy (non-hydrogen) atoms. The summed E-state index contributed by atoms with van der Waals surface area (Å²) in [7, 11) is -4.92. The molecule has 0 amide bonds. The Kier molecular flexibility index (Phi) is 3.06. The van der Waals surface area contributed by atoms with Crippen molar-refractivity contribution in [3.63, 3.8) is 0 Å². The molecule has 2 aromatic rings. The molecule has 0 atom stereocenters. The van der Waals surface area contributed by atoms with E-state index in [9.17, 15) is 35.1 Å². The van der Waals surface area contributed by atoms with E-state index in [1.165, 1.54) is 0 Å². The SMILES string of the molecule is Fc1c(F)c(F)c2c(c1F)O[PH]1(O2)Oc2c(F)c(F)c(F)c(F)c2O1. The van der Waals surface area contributed by atoms with Crippen molar-refractivity contribution in [1.82, 2.24) is 0 Å². The van der Waals surface area contributed by atoms with Crippen molar-refractivity contribution in [2.24, 2.45) is 0 Å². The zero-order chi connectivity index (χ0) is 18.3. The van der Waals surface area contributed by atoms with Gasteiger partial charge in [-0.05, 0) is 0 Å². The zero-order valence-electron chi connectivity index (χ0n) is 11.2. The Bertz CT molecular complexity index is 811. The van der Waals surface area contributed by atoms with Crippen LogP contribution in [0.3, 0.4) is 0 Å². The van der Waals surface area contributed by atoms with Crippen LogP contribution in [0.5, 0.6) is 23.0 Å². The van der Waals surface area contributed by atoms with Gasteiger partial charge in [0.15, 0.2) is 0 Å². The molecule has 2 aromatic carbocycles. The quantitative estimate of drug-likeness (QED) is 0.287. The Balaban J connectivity index is 1.83. The van der Waals surface area contributed by atoms with Gasteiger partial charge >= 0.3 is 131 Å². The molecule has 2 aliphatic rings. The Morgan fingerprint density at radius 1 is 0.360 bits per heavy atom. The van der Waals surface area contributed by atoms with Crippen molar-refractivity contribution < 1.29 is 53.2 Å². The van der Waals surface area contributed by atoms with Gasteiger partial charge in [0.2, 0.25) is 0 Å². The third-order valence-corrected chi connectivity index (χ3v) is 5.09. The van der Waals surface area contributed by atoms with Gasteiger partial charge in [-0.25, -0.2) is 0 Å². The molecule has 0 aliphatic carbocycles. The van der Waals surface area contributed by atoms with Crippen LogP contribution in [0, 0.1) is 46.5 Å². The van der Waals surface area contributed by atoms with Gasteiger partial charge in [0.1, 0.15) is 0 Å². The molecular weight excluding hydrogens is 391 g/mol. The molecule has 0 saturated heterocycles. The van der Waals surface area contributed by atoms with Crippen LogP contribution < -0.4 is 18.1 Å². The Morgan fingerprint density at radius 3 is 0.760 bits per heavy atom. The molecular formula is C12HF8O4P. The molecule has 0 radical (unpaired) electrons. The van der Waals surface area contributed by atoms with E-state index in [1.54, 1.807) is 0 Å². The Labute approximate surface area is 132 Å². The first-order chi connectivity index (χ1) is 11.7. The molecule has 0 N–H and O–H groups in total. The fourth-order valence-electron chi connectivity index (χ4n) is 2.17. The van der Waals surface area contributed by atoms with Crippen LogP contribution in [-0.4, -0.2) is 0 Å². The van der Waals surface area contributed by atoms with Gasteiger partial charge in [0, 0.05) is 0 Å². The average molecular weight is 392 g/mol. The monoisotopic (exact) mass is 392 g/mol. The number of rotatable bonds is 0. The molecule has 0 unspecified atom stereocenters. The summed E-state index contributed by atoms with van der Waals surface area (Å²) >= 11 is 0. The Hall–Kier alpha value is -2.49. The van der Waals surface area contributed by atoms with Crippen LogP contribution in [-0.2, 0) is 0 Å². The van der Waals surface area contributed by atoms with E-state index in [-0.39, 0.29) is 0 Å². The second-order valence-corrected chi connectivity index (χ2v) is 6.55. The number of benzene rings is 2. The average Bonchev–Trinajstić information content (AvgIpc) is 3.16. The normalized spacial score (nSPS) is 17.3. The predicted molar refractivity (Wildman–Crippen MR) is 63.4 cm³/mol. The second-order valence-electron chi connectivity index (χ2n) is 4.74. The van der Waals surface area contributed by atoms with Crippen LogP contribution >= 0.6 is 8.17 Å². The van der Waals surface area contributed by atoms with Gasteiger partial charge in [-0.2, -0.15) is 0 Å². The summed E-state index contributed by atoms with van der Waals surface area (Å²) in [6.07, 6.45) is 0. The first kappa shape index (κ1) is 16.0. The molecule has 2 heterocycles. The number of hydrogen-bond donors (Lipinski definition) is 0. The van der Waals surface area contributed by atoms with Crippen LogP contribution in [0.25, 0.3) is 0 Å². The minimum absolute atomic E-state index is 1.32. The molecule has 1 spiro atoms. The Morgan fingerprint density at radius 2 is 0.560 bits per heavy atom. The predicted octanol–water partition coefficient (Wildman–Crippen LogP) is 4.45. The van der Waals surface area contributed by atoms with Crippen molar-refractivity contribution in [3.05, 3.63) is 46.5 Å². The maximum absolute atomic E-state index is 13.7. The fraction of sp³-hybridized carbons (Fsp3) is 0. The first-order valence-electron chi connectivity index (χ1n) is 6.14. The summed E-state index contributed by atoms with van der Waals surface area (Å²) in [5.41, 5.74) is 0. The first-order valence-corrected chi connectivity index (χ1v) is 7.78. The van der Waals surface area contributed by atoms with E-state index in [1.807, 2.05) is 0 Å². The van der Waals surface area contributed by atoms with Gasteiger partial charge in [-0.3, -0.25) is 0 Å². The molecule has 134 valence electrons. The van der Waals surface area contributed by atoms with E-state index >= 15 is 0 Å². The summed E-state index contributed by atoms with van der Waals surface area (Å²) in [6.45, 7) is 0. The molecule has 2 aliphatic heterocycles. The number of halogens is 8. The minimum atomic E-state index is -4.92. The van der Waals surface area contributed by atoms with Crippen molar-refractivity contribution in [2.45, 2.75) is 0 Å². The second kappa shape index (κ2) is 4.78. The molecule has 13 heteroatoms. The van der Waals surface area contributed by atoms with Gasteiger partial charge in [0.05, 0.1) is 0 Å². The molecule has 0 aromatic heterocycles. The van der Waals surface area contributed by atoms with Crippen LogP contribution in [0.1, 0.15) is 0 Å². The summed E-state index contributed by atoms with van der Waals surface area (Å²) in [5, 5.41) is 0. The van der Waals surface area contributed by atoms with Crippen molar-refractivity contribution in [2.75, 3.05) is 0 Å². The summed E-state index contributed by atoms with van der Waals surface area (Å²) in [6, 6.07) is 0. The van der Waals surface area contributed by atoms with E-state index in [4.69, 9.17) is 0 Å². The summed E-state index contributed by atoms with van der Waals surface area (Å²) in [4.78, 5) is 0. The summed E-state index contributed by atoms with van der Waals surface area (Å²) < 4.78 is 126. The third kappa shape index (κ3) is 1.91. The number of hydrogen-bond acceptors (Lipinski definition) is 4. The molecule has 4 nitrogen and oxygen atoms in total. The van der Waals surface area contributed by atoms with Crippen molar-refractivity contribution >= 4 is 8.17 Å². The topological polar surface area (TPSA) is 36.9 Å². The third-order valence-electron chi connectivity index (χ3n) is 3.27. The molecule has 0 bridgehead atoms. The van der Waals surface area contributed by atoms with Crippen molar-refractivity contribution in [1.29, 1.82) is 0 Å². The maximum atomic E-state index is 13.7. The van der Waals surface area contributed by atoms with E-state index in [2.05, 4.69) is 18.1 Å². The molecule has 4 rings (SSSR count). The van der Waals surface area contributed by atoms with Gasteiger partial charge in [-0.15, -0.1) is 0 Å². The van der Waals surface area contributed by atoms with Crippen molar-refractivity contribution in [3.8, 4) is 23.0 Å². The molecule has 0 fully saturated rings. The van der Waals surface area contributed by atoms with E-state index in [0.717, 1.165) is 0 Å². The van der Waals surface area contributed by atoms with Gasteiger partial charge in [-0.1, -0.05) is 0 Å². The standard InChI is InChI=1S/C12HF8O4P/c13-1-2(14)6(18)10-9(5(1)17)21-25(22-10)23-11-7(19)3(15)4(16)8(20)12(11)24-25/h25H. The molecule has 0 saturated carbocycles. The van der Waals surface area contributed by atoms with Crippen LogP contribution in [0.15, 0.2) is 0 Å². The van der Waals surface area contributed by atoms with Gasteiger partial charge in [0.25, 0.3) is 0 Å². The van der Waals surface area contributed by atoms with E-state index in [0.29, 0.717) is 0 Å². The van der Waals surface area contributed by atoms with Crippen LogP contribution in [0.4, 0.5) is 35.1 Å².